The van der Waals surface area contributed by atoms with Gasteiger partial charge in [0.1, 0.15) is 46.9 Å². The Morgan fingerprint density at radius 2 is 1.56 bits per heavy atom. The van der Waals surface area contributed by atoms with E-state index in [4.69, 9.17) is 33.7 Å². The highest BCUT2D eigenvalue weighted by Gasteiger charge is 2.65. The highest BCUT2D eigenvalue weighted by Crippen LogP contribution is 2.62. The van der Waals surface area contributed by atoms with Gasteiger partial charge in [0.15, 0.2) is 11.5 Å². The third kappa shape index (κ3) is 7.50. The first kappa shape index (κ1) is 40.3. The molecule has 1 saturated carbocycles. The van der Waals surface area contributed by atoms with Crippen molar-refractivity contribution in [1.29, 1.82) is 5.26 Å². The largest absolute Gasteiger partial charge is 0.497 e. The number of imidazole rings is 1. The molecule has 1 aliphatic carbocycles. The molecule has 0 amide bonds. The smallest absolute Gasteiger partial charge is 0.259 e. The summed E-state index contributed by atoms with van der Waals surface area (Å²) in [4.78, 5) is 13.2. The van der Waals surface area contributed by atoms with Crippen molar-refractivity contribution < 1.29 is 28.0 Å². The third-order valence-electron chi connectivity index (χ3n) is 10.7. The van der Waals surface area contributed by atoms with Gasteiger partial charge in [0.25, 0.3) is 8.53 Å². The summed E-state index contributed by atoms with van der Waals surface area (Å²) in [5.41, 5.74) is 8.90. The first-order valence-corrected chi connectivity index (χ1v) is 20.2. The predicted molar refractivity (Wildman–Crippen MR) is 218 cm³/mol. The van der Waals surface area contributed by atoms with Gasteiger partial charge in [-0.3, -0.25) is 4.57 Å². The molecule has 14 heteroatoms. The highest BCUT2D eigenvalue weighted by atomic mass is 31.2. The first-order valence-electron chi connectivity index (χ1n) is 19.1. The SMILES string of the molecule is C=C1C[C@@]2(COC(c3ccccc3)(c3ccc(OC)cc3)c3ccc(OC)cc3)O[C@@H](n3cnc4ncnc(N)c43)[C@H]1[C@@H]2OP(OCCC#N)N(C(C)C)C(C)C. The second-order valence-corrected chi connectivity index (χ2v) is 16.3. The molecule has 2 aliphatic rings. The summed E-state index contributed by atoms with van der Waals surface area (Å²) in [5, 5.41) is 9.46. The van der Waals surface area contributed by atoms with Crippen LogP contribution in [0.5, 0.6) is 11.5 Å². The molecule has 2 fully saturated rings. The Hall–Kier alpha value is -4.93. The van der Waals surface area contributed by atoms with E-state index in [1.165, 1.54) is 6.33 Å². The van der Waals surface area contributed by atoms with Crippen LogP contribution in [0.2, 0.25) is 0 Å². The summed E-state index contributed by atoms with van der Waals surface area (Å²) in [7, 11) is 1.62. The number of nitrogen functional groups attached to an aromatic ring is 1. The number of rotatable bonds is 17. The number of benzene rings is 3. The van der Waals surface area contributed by atoms with Gasteiger partial charge in [-0.1, -0.05) is 66.7 Å². The van der Waals surface area contributed by atoms with Gasteiger partial charge >= 0.3 is 0 Å². The molecule has 5 aromatic rings. The summed E-state index contributed by atoms with van der Waals surface area (Å²) in [6, 6.07) is 28.4. The lowest BCUT2D eigenvalue weighted by Gasteiger charge is -2.42. The predicted octanol–water partition coefficient (Wildman–Crippen LogP) is 7.94. The molecule has 2 aromatic heterocycles. The molecular formula is C43H50N7O6P. The van der Waals surface area contributed by atoms with Crippen molar-refractivity contribution in [3.8, 4) is 17.6 Å². The first-order chi connectivity index (χ1) is 27.6. The van der Waals surface area contributed by atoms with E-state index in [1.807, 2.05) is 71.3 Å². The molecule has 5 atom stereocenters. The van der Waals surface area contributed by atoms with E-state index in [0.717, 1.165) is 33.8 Å². The quantitative estimate of drug-likeness (QED) is 0.0421. The van der Waals surface area contributed by atoms with Crippen molar-refractivity contribution in [1.82, 2.24) is 24.2 Å². The van der Waals surface area contributed by atoms with Gasteiger partial charge in [0.05, 0.1) is 52.2 Å². The summed E-state index contributed by atoms with van der Waals surface area (Å²) < 4.78 is 43.9. The van der Waals surface area contributed by atoms with Crippen molar-refractivity contribution in [3.05, 3.63) is 120 Å². The van der Waals surface area contributed by atoms with Crippen molar-refractivity contribution in [3.63, 3.8) is 0 Å². The van der Waals surface area contributed by atoms with Crippen LogP contribution in [-0.4, -0.2) is 75.4 Å². The average Bonchev–Trinajstić information content (AvgIpc) is 3.87. The van der Waals surface area contributed by atoms with E-state index in [2.05, 4.69) is 72.1 Å². The summed E-state index contributed by atoms with van der Waals surface area (Å²) in [6.07, 6.45) is 2.54. The molecule has 3 aromatic carbocycles. The summed E-state index contributed by atoms with van der Waals surface area (Å²) in [6.45, 7) is 13.4. The highest BCUT2D eigenvalue weighted by molar-refractivity contribution is 7.44. The lowest BCUT2D eigenvalue weighted by Crippen LogP contribution is -2.47. The zero-order valence-corrected chi connectivity index (χ0v) is 34.1. The van der Waals surface area contributed by atoms with E-state index in [0.29, 0.717) is 17.6 Å². The maximum Gasteiger partial charge on any atom is 0.259 e. The van der Waals surface area contributed by atoms with Gasteiger partial charge in [-0.05, 0) is 68.7 Å². The number of nitrogens with zero attached hydrogens (tertiary/aromatic N) is 6. The third-order valence-corrected chi connectivity index (χ3v) is 12.9. The van der Waals surface area contributed by atoms with Crippen LogP contribution in [0.3, 0.4) is 0 Å². The molecule has 298 valence electrons. The molecule has 1 saturated heterocycles. The Bertz CT molecular complexity index is 2140. The summed E-state index contributed by atoms with van der Waals surface area (Å²) >= 11 is 0. The van der Waals surface area contributed by atoms with E-state index in [9.17, 15) is 5.26 Å². The van der Waals surface area contributed by atoms with Gasteiger partial charge in [-0.15, -0.1) is 0 Å². The maximum atomic E-state index is 9.46. The lowest BCUT2D eigenvalue weighted by molar-refractivity contribution is -0.159. The Morgan fingerprint density at radius 1 is 0.947 bits per heavy atom. The van der Waals surface area contributed by atoms with Gasteiger partial charge in [-0.2, -0.15) is 5.26 Å². The number of anilines is 1. The fraction of sp³-hybridized carbons (Fsp3) is 0.395. The molecule has 0 spiro atoms. The van der Waals surface area contributed by atoms with Gasteiger partial charge < -0.3 is 33.7 Å². The van der Waals surface area contributed by atoms with Crippen LogP contribution in [0.1, 0.15) is 63.5 Å². The zero-order valence-electron chi connectivity index (χ0n) is 33.2. The Kier molecular flexibility index (Phi) is 11.9. The van der Waals surface area contributed by atoms with Crippen molar-refractivity contribution in [2.45, 2.75) is 76.2 Å². The van der Waals surface area contributed by atoms with E-state index in [1.54, 1.807) is 20.5 Å². The molecule has 1 aliphatic heterocycles. The van der Waals surface area contributed by atoms with Crippen molar-refractivity contribution >= 4 is 25.5 Å². The van der Waals surface area contributed by atoms with Crippen LogP contribution < -0.4 is 15.2 Å². The number of fused-ring (bicyclic) bond motifs is 3. The Labute approximate surface area is 335 Å². The Balaban J connectivity index is 1.38. The monoisotopic (exact) mass is 791 g/mol. The van der Waals surface area contributed by atoms with Crippen LogP contribution in [0, 0.1) is 17.2 Å². The number of ether oxygens (including phenoxy) is 4. The molecule has 7 rings (SSSR count). The number of methoxy groups -OCH3 is 2. The molecule has 1 unspecified atom stereocenters. The van der Waals surface area contributed by atoms with Crippen LogP contribution in [0.4, 0.5) is 5.82 Å². The number of hydrogen-bond acceptors (Lipinski definition) is 12. The molecule has 57 heavy (non-hydrogen) atoms. The second-order valence-electron chi connectivity index (χ2n) is 14.9. The topological polar surface area (TPSA) is 152 Å². The molecule has 13 nitrogen and oxygen atoms in total. The maximum absolute atomic E-state index is 9.46. The number of hydrogen-bond donors (Lipinski definition) is 1. The normalized spacial score (nSPS) is 21.1. The molecule has 0 radical (unpaired) electrons. The number of nitriles is 1. The standard InChI is InChI=1S/C43H50N7O6P/c1-28(2)50(29(3)4)57(54-23-11-22-44)56-38-36-30(5)24-42(38,55-41(36)49-27-48-40-37(49)39(45)46-26-47-40)25-53-43(31-12-9-8-10-13-31,32-14-18-34(51-6)19-15-32)33-16-20-35(52-7)21-17-33/h8-10,12-21,26-29,36,38,41H,5,11,23-25H2,1-4,6-7H3,(H2,45,46,47)/t36-,38+,41-,42+,57?/m1/s1. The minimum atomic E-state index is -1.69. The number of aromatic nitrogens is 4. The molecule has 2 bridgehead atoms. The molecular weight excluding hydrogens is 741 g/mol. The van der Waals surface area contributed by atoms with Gasteiger partial charge in [0.2, 0.25) is 0 Å². The fourth-order valence-electron chi connectivity index (χ4n) is 8.26. The minimum absolute atomic E-state index is 0.0785. The van der Waals surface area contributed by atoms with Gasteiger partial charge in [0, 0.05) is 18.5 Å². The van der Waals surface area contributed by atoms with Crippen LogP contribution in [0.15, 0.2) is 104 Å². The average molecular weight is 792 g/mol. The fourth-order valence-corrected chi connectivity index (χ4v) is 10.1. The van der Waals surface area contributed by atoms with E-state index in [-0.39, 0.29) is 43.5 Å². The Morgan fingerprint density at radius 3 is 2.14 bits per heavy atom. The lowest BCUT2D eigenvalue weighted by atomic mass is 9.79. The van der Waals surface area contributed by atoms with Crippen molar-refractivity contribution in [2.24, 2.45) is 5.92 Å². The van der Waals surface area contributed by atoms with Gasteiger partial charge in [-0.25, -0.2) is 19.6 Å². The molecule has 3 heterocycles. The second kappa shape index (κ2) is 16.9. The van der Waals surface area contributed by atoms with Crippen LogP contribution in [-0.2, 0) is 24.1 Å². The zero-order chi connectivity index (χ0) is 40.3. The van der Waals surface area contributed by atoms with Crippen molar-refractivity contribution in [2.75, 3.05) is 33.2 Å². The number of nitrogens with two attached hydrogens (primary N) is 1. The molecule has 2 N–H and O–H groups in total. The van der Waals surface area contributed by atoms with Crippen LogP contribution in [0.25, 0.3) is 11.2 Å². The van der Waals surface area contributed by atoms with Crippen LogP contribution >= 0.6 is 8.53 Å². The minimum Gasteiger partial charge on any atom is -0.497 e. The van der Waals surface area contributed by atoms with E-state index < -0.39 is 32.1 Å². The summed E-state index contributed by atoms with van der Waals surface area (Å²) in [5.74, 6) is 1.37. The van der Waals surface area contributed by atoms with E-state index >= 15 is 0 Å².